The molecule has 0 spiro atoms. The maximum atomic E-state index is 6.08. The third kappa shape index (κ3) is 2.30. The zero-order valence-electron chi connectivity index (χ0n) is 12.3. The molecule has 0 aliphatic carbocycles. The molecule has 0 amide bonds. The van der Waals surface area contributed by atoms with E-state index in [0.29, 0.717) is 5.92 Å². The normalized spacial score (nSPS) is 13.7. The van der Waals surface area contributed by atoms with Gasteiger partial charge in [-0.1, -0.05) is 73.3 Å². The summed E-state index contributed by atoms with van der Waals surface area (Å²) >= 11 is 1.81. The van der Waals surface area contributed by atoms with Crippen molar-refractivity contribution in [3.05, 3.63) is 83.9 Å². The zero-order valence-corrected chi connectivity index (χ0v) is 13.1. The molecule has 4 rings (SSSR count). The summed E-state index contributed by atoms with van der Waals surface area (Å²) in [5.74, 6) is 2.26. The summed E-state index contributed by atoms with van der Waals surface area (Å²) in [7, 11) is 0. The van der Waals surface area contributed by atoms with Crippen LogP contribution in [-0.4, -0.2) is 0 Å². The van der Waals surface area contributed by atoms with Crippen LogP contribution < -0.4 is 4.74 Å². The molecule has 0 saturated heterocycles. The van der Waals surface area contributed by atoms with E-state index in [0.717, 1.165) is 11.5 Å². The lowest BCUT2D eigenvalue weighted by atomic mass is 9.93. The summed E-state index contributed by atoms with van der Waals surface area (Å²) in [5, 5.41) is 0. The molecule has 0 fully saturated rings. The predicted octanol–water partition coefficient (Wildman–Crippen LogP) is 6.10. The van der Waals surface area contributed by atoms with Gasteiger partial charge in [-0.05, 0) is 29.3 Å². The summed E-state index contributed by atoms with van der Waals surface area (Å²) in [4.78, 5) is 2.42. The minimum Gasteiger partial charge on any atom is -0.455 e. The molecule has 1 aliphatic heterocycles. The maximum absolute atomic E-state index is 6.08. The van der Waals surface area contributed by atoms with E-state index in [1.54, 1.807) is 0 Å². The van der Waals surface area contributed by atoms with Crippen LogP contribution in [0.1, 0.15) is 24.0 Å². The first kappa shape index (κ1) is 13.5. The smallest absolute Gasteiger partial charge is 0.141 e. The van der Waals surface area contributed by atoms with E-state index in [2.05, 4.69) is 67.6 Å². The van der Waals surface area contributed by atoms with Gasteiger partial charge in [-0.2, -0.15) is 0 Å². The molecule has 3 aromatic rings. The highest BCUT2D eigenvalue weighted by Gasteiger charge is 2.22. The number of para-hydroxylation sites is 1. The van der Waals surface area contributed by atoms with Crippen LogP contribution in [0.4, 0.5) is 0 Å². The highest BCUT2D eigenvalue weighted by atomic mass is 32.2. The van der Waals surface area contributed by atoms with Crippen LogP contribution in [0.3, 0.4) is 0 Å². The molecule has 1 nitrogen and oxygen atoms in total. The van der Waals surface area contributed by atoms with Crippen LogP contribution in [0.2, 0.25) is 0 Å². The minimum absolute atomic E-state index is 0.345. The van der Waals surface area contributed by atoms with Crippen molar-refractivity contribution in [3.63, 3.8) is 0 Å². The van der Waals surface area contributed by atoms with Crippen molar-refractivity contribution in [3.8, 4) is 11.5 Å². The van der Waals surface area contributed by atoms with Crippen LogP contribution >= 0.6 is 11.8 Å². The summed E-state index contributed by atoms with van der Waals surface area (Å²) in [6.07, 6.45) is 0. The number of rotatable bonds is 2. The number of ether oxygens (including phenoxy) is 1. The Kier molecular flexibility index (Phi) is 3.39. The van der Waals surface area contributed by atoms with Crippen molar-refractivity contribution >= 4 is 11.8 Å². The van der Waals surface area contributed by atoms with Crippen molar-refractivity contribution in [2.75, 3.05) is 0 Å². The van der Waals surface area contributed by atoms with E-state index in [9.17, 15) is 0 Å². The van der Waals surface area contributed by atoms with Gasteiger partial charge in [0.25, 0.3) is 0 Å². The molecule has 0 saturated carbocycles. The maximum Gasteiger partial charge on any atom is 0.141 e. The Labute approximate surface area is 135 Å². The second kappa shape index (κ2) is 5.54. The highest BCUT2D eigenvalue weighted by Crippen LogP contribution is 2.50. The Morgan fingerprint density at radius 1 is 0.773 bits per heavy atom. The van der Waals surface area contributed by atoms with Gasteiger partial charge in [0.15, 0.2) is 0 Å². The van der Waals surface area contributed by atoms with Crippen LogP contribution in [0.15, 0.2) is 82.6 Å². The molecule has 1 heterocycles. The molecule has 0 bridgehead atoms. The Morgan fingerprint density at radius 2 is 1.50 bits per heavy atom. The van der Waals surface area contributed by atoms with Crippen molar-refractivity contribution < 1.29 is 4.74 Å². The number of benzene rings is 3. The fourth-order valence-corrected chi connectivity index (χ4v) is 3.98. The molecule has 2 heteroatoms. The van der Waals surface area contributed by atoms with E-state index < -0.39 is 0 Å². The molecular weight excluding hydrogens is 288 g/mol. The van der Waals surface area contributed by atoms with E-state index in [4.69, 9.17) is 4.74 Å². The predicted molar refractivity (Wildman–Crippen MR) is 91.0 cm³/mol. The third-order valence-corrected chi connectivity index (χ3v) is 5.25. The van der Waals surface area contributed by atoms with Gasteiger partial charge in [0.1, 0.15) is 11.5 Å². The standard InChI is InChI=1S/C20H16OS/c1-14(15-8-3-2-4-9-15)16-10-7-12-18-20(16)22-19-13-6-5-11-17(19)21-18/h2-14H,1H3. The molecule has 0 radical (unpaired) electrons. The number of hydrogen-bond donors (Lipinski definition) is 0. The van der Waals surface area contributed by atoms with Gasteiger partial charge in [-0.3, -0.25) is 0 Å². The van der Waals surface area contributed by atoms with E-state index in [-0.39, 0.29) is 0 Å². The van der Waals surface area contributed by atoms with Crippen molar-refractivity contribution in [1.82, 2.24) is 0 Å². The first-order chi connectivity index (χ1) is 10.8. The lowest BCUT2D eigenvalue weighted by Crippen LogP contribution is -2.02. The Hall–Kier alpha value is -2.19. The van der Waals surface area contributed by atoms with Gasteiger partial charge in [-0.15, -0.1) is 0 Å². The summed E-state index contributed by atoms with van der Waals surface area (Å²) in [5.41, 5.74) is 2.65. The van der Waals surface area contributed by atoms with Crippen molar-refractivity contribution in [1.29, 1.82) is 0 Å². The molecule has 1 unspecified atom stereocenters. The quantitative estimate of drug-likeness (QED) is 0.443. The van der Waals surface area contributed by atoms with Gasteiger partial charge < -0.3 is 4.74 Å². The molecule has 3 aromatic carbocycles. The van der Waals surface area contributed by atoms with Crippen LogP contribution in [0.25, 0.3) is 0 Å². The number of fused-ring (bicyclic) bond motifs is 2. The van der Waals surface area contributed by atoms with Crippen molar-refractivity contribution in [2.24, 2.45) is 0 Å². The molecule has 0 N–H and O–H groups in total. The fraction of sp³-hybridized carbons (Fsp3) is 0.100. The van der Waals surface area contributed by atoms with E-state index >= 15 is 0 Å². The fourth-order valence-electron chi connectivity index (χ4n) is 2.83. The summed E-state index contributed by atoms with van der Waals surface area (Å²) in [6, 6.07) is 25.2. The average Bonchev–Trinajstić information content (AvgIpc) is 2.59. The van der Waals surface area contributed by atoms with E-state index in [1.165, 1.54) is 20.9 Å². The molecule has 22 heavy (non-hydrogen) atoms. The zero-order chi connectivity index (χ0) is 14.9. The van der Waals surface area contributed by atoms with Gasteiger partial charge in [0.05, 0.1) is 9.79 Å². The minimum atomic E-state index is 0.345. The van der Waals surface area contributed by atoms with Gasteiger partial charge in [0, 0.05) is 5.92 Å². The second-order valence-electron chi connectivity index (χ2n) is 5.46. The van der Waals surface area contributed by atoms with Gasteiger partial charge >= 0.3 is 0 Å². The summed E-state index contributed by atoms with van der Waals surface area (Å²) < 4.78 is 6.08. The van der Waals surface area contributed by atoms with E-state index in [1.807, 2.05) is 23.9 Å². The lowest BCUT2D eigenvalue weighted by molar-refractivity contribution is 0.452. The molecule has 0 aromatic heterocycles. The highest BCUT2D eigenvalue weighted by molar-refractivity contribution is 7.99. The third-order valence-electron chi connectivity index (χ3n) is 4.06. The first-order valence-electron chi connectivity index (χ1n) is 7.45. The molecule has 1 atom stereocenters. The first-order valence-corrected chi connectivity index (χ1v) is 8.27. The van der Waals surface area contributed by atoms with Crippen LogP contribution in [0.5, 0.6) is 11.5 Å². The van der Waals surface area contributed by atoms with Gasteiger partial charge in [-0.25, -0.2) is 0 Å². The van der Waals surface area contributed by atoms with Crippen molar-refractivity contribution in [2.45, 2.75) is 22.6 Å². The topological polar surface area (TPSA) is 9.23 Å². The average molecular weight is 304 g/mol. The van der Waals surface area contributed by atoms with Crippen LogP contribution in [-0.2, 0) is 0 Å². The summed E-state index contributed by atoms with van der Waals surface area (Å²) in [6.45, 7) is 2.26. The Balaban J connectivity index is 1.78. The molecule has 108 valence electrons. The molecule has 1 aliphatic rings. The SMILES string of the molecule is CC(c1ccccc1)c1cccc2c1Sc1ccccc1O2. The molecular formula is C20H16OS. The lowest BCUT2D eigenvalue weighted by Gasteiger charge is -2.24. The monoisotopic (exact) mass is 304 g/mol. The largest absolute Gasteiger partial charge is 0.455 e. The Morgan fingerprint density at radius 3 is 2.36 bits per heavy atom. The van der Waals surface area contributed by atoms with Crippen LogP contribution in [0, 0.1) is 0 Å². The second-order valence-corrected chi connectivity index (χ2v) is 6.51. The Bertz CT molecular complexity index is 811. The number of hydrogen-bond acceptors (Lipinski definition) is 2. The van der Waals surface area contributed by atoms with Gasteiger partial charge in [0.2, 0.25) is 0 Å².